The maximum absolute atomic E-state index is 4.80. The quantitative estimate of drug-likeness (QED) is 0.770. The number of anilines is 1. The summed E-state index contributed by atoms with van der Waals surface area (Å²) in [7, 11) is 4.08. The molecule has 0 atom stereocenters. The predicted octanol–water partition coefficient (Wildman–Crippen LogP) is 4.25. The number of aliphatic imine (C=N–C) groups is 1. The monoisotopic (exact) mass is 346 g/mol. The van der Waals surface area contributed by atoms with Gasteiger partial charge >= 0.3 is 0 Å². The minimum Gasteiger partial charge on any atom is -0.378 e. The van der Waals surface area contributed by atoms with E-state index in [9.17, 15) is 0 Å². The lowest BCUT2D eigenvalue weighted by molar-refractivity contribution is 1.03. The number of hydrazone groups is 1. The third kappa shape index (κ3) is 3.06. The summed E-state index contributed by atoms with van der Waals surface area (Å²) in [6.07, 6.45) is 0. The van der Waals surface area contributed by atoms with Crippen molar-refractivity contribution in [2.45, 2.75) is 0 Å². The molecule has 4 nitrogen and oxygen atoms in total. The van der Waals surface area contributed by atoms with Crippen LogP contribution in [0.2, 0.25) is 0 Å². The van der Waals surface area contributed by atoms with E-state index in [1.807, 2.05) is 49.8 Å². The van der Waals surface area contributed by atoms with Gasteiger partial charge in [0.2, 0.25) is 0 Å². The number of thiophene rings is 1. The van der Waals surface area contributed by atoms with Gasteiger partial charge in [-0.05, 0) is 29.6 Å². The number of amidine groups is 1. The lowest BCUT2D eigenvalue weighted by Crippen LogP contribution is -2.18. The average molecular weight is 346 g/mol. The van der Waals surface area contributed by atoms with Crippen LogP contribution in [0.5, 0.6) is 0 Å². The summed E-state index contributed by atoms with van der Waals surface area (Å²) in [4.78, 5) is 7.95. The van der Waals surface area contributed by atoms with Gasteiger partial charge in [-0.2, -0.15) is 5.10 Å². The summed E-state index contributed by atoms with van der Waals surface area (Å²) in [5.74, 6) is 0.780. The van der Waals surface area contributed by atoms with Gasteiger partial charge in [-0.15, -0.1) is 11.3 Å². The normalized spacial score (nSPS) is 13.2. The average Bonchev–Trinajstić information content (AvgIpc) is 3.10. The SMILES string of the molecule is CN(C)c1ccc(C2=NNC(c3cccs3)=Nc3ccccc32)cc1. The first kappa shape index (κ1) is 15.6. The van der Waals surface area contributed by atoms with Crippen LogP contribution in [0.25, 0.3) is 0 Å². The van der Waals surface area contributed by atoms with Crippen LogP contribution in [0.3, 0.4) is 0 Å². The van der Waals surface area contributed by atoms with E-state index < -0.39 is 0 Å². The van der Waals surface area contributed by atoms with Gasteiger partial charge in [0, 0.05) is 30.9 Å². The molecule has 0 saturated heterocycles. The molecule has 1 aromatic heterocycles. The molecule has 5 heteroatoms. The Hall–Kier alpha value is -2.92. The maximum atomic E-state index is 4.80. The number of hydrogen-bond acceptors (Lipinski definition) is 5. The summed E-state index contributed by atoms with van der Waals surface area (Å²) >= 11 is 1.65. The van der Waals surface area contributed by atoms with Crippen molar-refractivity contribution in [1.82, 2.24) is 5.43 Å². The van der Waals surface area contributed by atoms with Crippen molar-refractivity contribution in [2.24, 2.45) is 10.1 Å². The number of rotatable bonds is 3. The number of hydrogen-bond donors (Lipinski definition) is 1. The predicted molar refractivity (Wildman–Crippen MR) is 107 cm³/mol. The molecule has 25 heavy (non-hydrogen) atoms. The Kier molecular flexibility index (Phi) is 4.07. The highest BCUT2D eigenvalue weighted by Gasteiger charge is 2.17. The van der Waals surface area contributed by atoms with Gasteiger partial charge in [0.15, 0.2) is 5.84 Å². The van der Waals surface area contributed by atoms with Gasteiger partial charge in [-0.25, -0.2) is 4.99 Å². The largest absolute Gasteiger partial charge is 0.378 e. The standard InChI is InChI=1S/C20H18N4S/c1-24(2)15-11-9-14(10-12-15)19-16-6-3-4-7-17(16)21-20(23-22-19)18-8-5-13-25-18/h3-13H,1-2H3,(H,21,23). The Bertz CT molecular complexity index is 938. The molecule has 1 aliphatic rings. The van der Waals surface area contributed by atoms with Crippen LogP contribution in [0.4, 0.5) is 11.4 Å². The van der Waals surface area contributed by atoms with Crippen molar-refractivity contribution in [3.05, 3.63) is 82.0 Å². The van der Waals surface area contributed by atoms with Gasteiger partial charge in [0.1, 0.15) is 0 Å². The van der Waals surface area contributed by atoms with Crippen LogP contribution < -0.4 is 10.3 Å². The zero-order valence-corrected chi connectivity index (χ0v) is 14.9. The summed E-state index contributed by atoms with van der Waals surface area (Å²) in [5.41, 5.74) is 8.23. The molecule has 0 fully saturated rings. The maximum Gasteiger partial charge on any atom is 0.164 e. The van der Waals surface area contributed by atoms with Gasteiger partial charge in [0.05, 0.1) is 16.3 Å². The molecule has 2 aromatic carbocycles. The minimum atomic E-state index is 0.780. The number of benzene rings is 2. The van der Waals surface area contributed by atoms with Crippen molar-refractivity contribution in [1.29, 1.82) is 0 Å². The van der Waals surface area contributed by atoms with E-state index in [4.69, 9.17) is 4.99 Å². The minimum absolute atomic E-state index is 0.780. The Morgan fingerprint density at radius 1 is 0.920 bits per heavy atom. The van der Waals surface area contributed by atoms with E-state index in [0.717, 1.165) is 38.9 Å². The molecule has 4 rings (SSSR count). The Balaban J connectivity index is 1.79. The second-order valence-corrected chi connectivity index (χ2v) is 6.92. The topological polar surface area (TPSA) is 40.0 Å². The highest BCUT2D eigenvalue weighted by molar-refractivity contribution is 7.12. The van der Waals surface area contributed by atoms with Gasteiger partial charge in [-0.1, -0.05) is 36.4 Å². The lowest BCUT2D eigenvalue weighted by Gasteiger charge is -2.13. The summed E-state index contributed by atoms with van der Waals surface area (Å²) in [6, 6.07) is 20.6. The Morgan fingerprint density at radius 3 is 2.44 bits per heavy atom. The molecule has 0 amide bonds. The van der Waals surface area contributed by atoms with Crippen LogP contribution in [0.1, 0.15) is 16.0 Å². The summed E-state index contributed by atoms with van der Waals surface area (Å²) in [5, 5.41) is 6.72. The molecule has 0 bridgehead atoms. The fourth-order valence-corrected chi connectivity index (χ4v) is 3.41. The molecular formula is C20H18N4S. The van der Waals surface area contributed by atoms with E-state index in [0.29, 0.717) is 0 Å². The van der Waals surface area contributed by atoms with E-state index in [1.165, 1.54) is 0 Å². The first-order valence-corrected chi connectivity index (χ1v) is 8.94. The highest BCUT2D eigenvalue weighted by atomic mass is 32.1. The van der Waals surface area contributed by atoms with Gasteiger partial charge < -0.3 is 4.90 Å². The molecule has 0 radical (unpaired) electrons. The fraction of sp³-hybridized carbons (Fsp3) is 0.100. The lowest BCUT2D eigenvalue weighted by atomic mass is 10.0. The molecule has 0 unspecified atom stereocenters. The van der Waals surface area contributed by atoms with Gasteiger partial charge in [-0.3, -0.25) is 5.43 Å². The van der Waals surface area contributed by atoms with Crippen molar-refractivity contribution in [2.75, 3.05) is 19.0 Å². The molecule has 124 valence electrons. The molecule has 1 N–H and O–H groups in total. The zero-order chi connectivity index (χ0) is 17.2. The van der Waals surface area contributed by atoms with Crippen molar-refractivity contribution in [3.8, 4) is 0 Å². The molecule has 0 saturated carbocycles. The first-order valence-electron chi connectivity index (χ1n) is 8.06. The third-order valence-electron chi connectivity index (χ3n) is 4.08. The van der Waals surface area contributed by atoms with E-state index in [-0.39, 0.29) is 0 Å². The molecule has 2 heterocycles. The molecule has 3 aromatic rings. The van der Waals surface area contributed by atoms with E-state index in [2.05, 4.69) is 45.8 Å². The summed E-state index contributed by atoms with van der Waals surface area (Å²) < 4.78 is 0. The van der Waals surface area contributed by atoms with Gasteiger partial charge in [0.25, 0.3) is 0 Å². The Labute approximate surface area is 151 Å². The number of para-hydroxylation sites is 1. The molecular weight excluding hydrogens is 328 g/mol. The van der Waals surface area contributed by atoms with Crippen molar-refractivity contribution >= 4 is 34.3 Å². The third-order valence-corrected chi connectivity index (χ3v) is 4.95. The van der Waals surface area contributed by atoms with Crippen molar-refractivity contribution in [3.63, 3.8) is 0 Å². The number of fused-ring (bicyclic) bond motifs is 1. The van der Waals surface area contributed by atoms with Crippen LogP contribution >= 0.6 is 11.3 Å². The van der Waals surface area contributed by atoms with Crippen LogP contribution in [0, 0.1) is 0 Å². The van der Waals surface area contributed by atoms with Crippen LogP contribution in [0.15, 0.2) is 76.1 Å². The van der Waals surface area contributed by atoms with Crippen LogP contribution in [-0.2, 0) is 0 Å². The highest BCUT2D eigenvalue weighted by Crippen LogP contribution is 2.26. The molecule has 1 aliphatic heterocycles. The second kappa shape index (κ2) is 6.53. The number of nitrogens with zero attached hydrogens (tertiary/aromatic N) is 3. The zero-order valence-electron chi connectivity index (χ0n) is 14.1. The van der Waals surface area contributed by atoms with Crippen LogP contribution in [-0.4, -0.2) is 25.6 Å². The van der Waals surface area contributed by atoms with Crippen molar-refractivity contribution < 1.29 is 0 Å². The smallest absolute Gasteiger partial charge is 0.164 e. The second-order valence-electron chi connectivity index (χ2n) is 5.97. The van der Waals surface area contributed by atoms with E-state index in [1.54, 1.807) is 11.3 Å². The summed E-state index contributed by atoms with van der Waals surface area (Å²) in [6.45, 7) is 0. The molecule has 0 aliphatic carbocycles. The number of nitrogens with one attached hydrogen (secondary N) is 1. The first-order chi connectivity index (χ1) is 12.2. The van der Waals surface area contributed by atoms with E-state index >= 15 is 0 Å². The Morgan fingerprint density at radius 2 is 1.72 bits per heavy atom. The fourth-order valence-electron chi connectivity index (χ4n) is 2.75. The molecule has 0 spiro atoms.